The van der Waals surface area contributed by atoms with Crippen molar-refractivity contribution >= 4 is 17.5 Å². The number of benzene rings is 1. The molecule has 23 heavy (non-hydrogen) atoms. The van der Waals surface area contributed by atoms with Crippen LogP contribution in [-0.4, -0.2) is 52.8 Å². The number of ether oxygens (including phenoxy) is 3. The van der Waals surface area contributed by atoms with Crippen LogP contribution in [0.4, 0.5) is 5.69 Å². The second-order valence-electron chi connectivity index (χ2n) is 4.80. The number of hydrogen-bond acceptors (Lipinski definition) is 5. The highest BCUT2D eigenvalue weighted by Gasteiger charge is 2.15. The first kappa shape index (κ1) is 18.8. The van der Waals surface area contributed by atoms with Gasteiger partial charge in [0, 0.05) is 45.3 Å². The molecule has 2 amide bonds. The van der Waals surface area contributed by atoms with Gasteiger partial charge in [0.05, 0.1) is 20.8 Å². The Hall–Kier alpha value is -2.28. The molecule has 0 saturated carbocycles. The minimum atomic E-state index is -0.151. The van der Waals surface area contributed by atoms with E-state index in [9.17, 15) is 9.59 Å². The van der Waals surface area contributed by atoms with Gasteiger partial charge in [-0.3, -0.25) is 9.59 Å². The summed E-state index contributed by atoms with van der Waals surface area (Å²) < 4.78 is 15.3. The summed E-state index contributed by atoms with van der Waals surface area (Å²) in [6.07, 6.45) is 0.206. The molecule has 0 aliphatic heterocycles. The Morgan fingerprint density at radius 1 is 1.13 bits per heavy atom. The Bertz CT molecular complexity index is 533. The van der Waals surface area contributed by atoms with Gasteiger partial charge in [-0.2, -0.15) is 0 Å². The number of amides is 2. The smallest absolute Gasteiger partial charge is 0.223 e. The van der Waals surface area contributed by atoms with E-state index in [1.807, 2.05) is 0 Å². The largest absolute Gasteiger partial charge is 0.493 e. The predicted molar refractivity (Wildman–Crippen MR) is 87.1 cm³/mol. The van der Waals surface area contributed by atoms with Gasteiger partial charge in [-0.25, -0.2) is 0 Å². The lowest BCUT2D eigenvalue weighted by Crippen LogP contribution is -2.34. The zero-order valence-electron chi connectivity index (χ0n) is 14.0. The highest BCUT2D eigenvalue weighted by Crippen LogP contribution is 2.31. The summed E-state index contributed by atoms with van der Waals surface area (Å²) in [5.74, 6) is 0.827. The number of methoxy groups -OCH3 is 3. The lowest BCUT2D eigenvalue weighted by atomic mass is 10.2. The van der Waals surface area contributed by atoms with Gasteiger partial charge in [-0.1, -0.05) is 0 Å². The molecule has 7 nitrogen and oxygen atoms in total. The molecule has 0 atom stereocenters. The predicted octanol–water partition coefficient (Wildman–Crippen LogP) is 1.21. The molecule has 0 spiro atoms. The lowest BCUT2D eigenvalue weighted by molar-refractivity contribution is -0.121. The van der Waals surface area contributed by atoms with Gasteiger partial charge >= 0.3 is 0 Å². The summed E-state index contributed by atoms with van der Waals surface area (Å²) in [6, 6.07) is 5.19. The van der Waals surface area contributed by atoms with E-state index in [1.54, 1.807) is 32.4 Å². The van der Waals surface area contributed by atoms with Crippen molar-refractivity contribution < 1.29 is 23.8 Å². The van der Waals surface area contributed by atoms with Gasteiger partial charge < -0.3 is 24.4 Å². The first-order valence-corrected chi connectivity index (χ1v) is 7.29. The number of nitrogens with one attached hydrogen (secondary N) is 1. The van der Waals surface area contributed by atoms with Crippen molar-refractivity contribution in [3.63, 3.8) is 0 Å². The van der Waals surface area contributed by atoms with Crippen LogP contribution in [-0.2, 0) is 14.3 Å². The third kappa shape index (κ3) is 5.78. The van der Waals surface area contributed by atoms with Crippen molar-refractivity contribution in [1.29, 1.82) is 0 Å². The van der Waals surface area contributed by atoms with E-state index in [2.05, 4.69) is 5.32 Å². The molecule has 0 fully saturated rings. The van der Waals surface area contributed by atoms with Crippen LogP contribution in [0.2, 0.25) is 0 Å². The molecular formula is C16H24N2O5. The maximum Gasteiger partial charge on any atom is 0.223 e. The zero-order valence-corrected chi connectivity index (χ0v) is 14.0. The Kier molecular flexibility index (Phi) is 7.90. The molecule has 1 aromatic rings. The van der Waals surface area contributed by atoms with E-state index in [4.69, 9.17) is 14.2 Å². The molecule has 0 aromatic heterocycles. The molecule has 0 bridgehead atoms. The molecule has 0 radical (unpaired) electrons. The molecule has 1 N–H and O–H groups in total. The Balaban J connectivity index is 2.75. The molecule has 0 saturated heterocycles. The number of hydrogen-bond donors (Lipinski definition) is 1. The van der Waals surface area contributed by atoms with Crippen molar-refractivity contribution in [3.05, 3.63) is 18.2 Å². The zero-order chi connectivity index (χ0) is 17.2. The van der Waals surface area contributed by atoms with E-state index in [-0.39, 0.29) is 24.8 Å². The van der Waals surface area contributed by atoms with Gasteiger partial charge in [0.25, 0.3) is 0 Å². The standard InChI is InChI=1S/C16H24N2O5/c1-12(19)18(9-7-16(20)17-8-10-21-2)13-5-6-14(22-3)15(11-13)23-4/h5-6,11H,7-10H2,1-4H3,(H,17,20). The molecule has 7 heteroatoms. The van der Waals surface area contributed by atoms with Gasteiger partial charge in [-0.05, 0) is 12.1 Å². The summed E-state index contributed by atoms with van der Waals surface area (Å²) in [5.41, 5.74) is 0.653. The lowest BCUT2D eigenvalue weighted by Gasteiger charge is -2.22. The van der Waals surface area contributed by atoms with E-state index in [0.29, 0.717) is 30.3 Å². The summed E-state index contributed by atoms with van der Waals surface area (Å²) in [6.45, 7) is 2.65. The van der Waals surface area contributed by atoms with Crippen LogP contribution in [0, 0.1) is 0 Å². The van der Waals surface area contributed by atoms with E-state index in [0.717, 1.165) is 0 Å². The Labute approximate surface area is 136 Å². The molecule has 0 heterocycles. The maximum atomic E-state index is 11.9. The van der Waals surface area contributed by atoms with Crippen LogP contribution in [0.15, 0.2) is 18.2 Å². The van der Waals surface area contributed by atoms with Gasteiger partial charge in [-0.15, -0.1) is 0 Å². The van der Waals surface area contributed by atoms with Crippen molar-refractivity contribution in [2.45, 2.75) is 13.3 Å². The summed E-state index contributed by atoms with van der Waals surface area (Å²) >= 11 is 0. The van der Waals surface area contributed by atoms with Crippen molar-refractivity contribution in [3.8, 4) is 11.5 Å². The number of carbonyl (C=O) groups is 2. The second-order valence-corrected chi connectivity index (χ2v) is 4.80. The van der Waals surface area contributed by atoms with E-state index in [1.165, 1.54) is 18.9 Å². The number of rotatable bonds is 9. The van der Waals surface area contributed by atoms with E-state index >= 15 is 0 Å². The number of nitrogens with zero attached hydrogens (tertiary/aromatic N) is 1. The van der Waals surface area contributed by atoms with Crippen molar-refractivity contribution in [2.75, 3.05) is 45.9 Å². The summed E-state index contributed by atoms with van der Waals surface area (Å²) in [5, 5.41) is 2.72. The molecule has 1 aromatic carbocycles. The molecule has 0 unspecified atom stereocenters. The average molecular weight is 324 g/mol. The molecule has 0 aliphatic rings. The highest BCUT2D eigenvalue weighted by atomic mass is 16.5. The molecular weight excluding hydrogens is 300 g/mol. The fourth-order valence-electron chi connectivity index (χ4n) is 2.06. The van der Waals surface area contributed by atoms with Gasteiger partial charge in [0.1, 0.15) is 0 Å². The van der Waals surface area contributed by atoms with Crippen molar-refractivity contribution in [2.24, 2.45) is 0 Å². The second kappa shape index (κ2) is 9.68. The first-order chi connectivity index (χ1) is 11.0. The van der Waals surface area contributed by atoms with E-state index < -0.39 is 0 Å². The number of carbonyl (C=O) groups excluding carboxylic acids is 2. The molecule has 1 rings (SSSR count). The monoisotopic (exact) mass is 324 g/mol. The van der Waals surface area contributed by atoms with Crippen LogP contribution in [0.25, 0.3) is 0 Å². The fraction of sp³-hybridized carbons (Fsp3) is 0.500. The van der Waals surface area contributed by atoms with Crippen LogP contribution in [0.3, 0.4) is 0 Å². The topological polar surface area (TPSA) is 77.1 Å². The third-order valence-corrected chi connectivity index (χ3v) is 3.25. The molecule has 128 valence electrons. The Morgan fingerprint density at radius 3 is 2.39 bits per heavy atom. The minimum absolute atomic E-state index is 0.131. The normalized spacial score (nSPS) is 10.1. The van der Waals surface area contributed by atoms with Crippen LogP contribution in [0.1, 0.15) is 13.3 Å². The third-order valence-electron chi connectivity index (χ3n) is 3.25. The maximum absolute atomic E-state index is 11.9. The molecule has 0 aliphatic carbocycles. The quantitative estimate of drug-likeness (QED) is 0.691. The average Bonchev–Trinajstić information content (AvgIpc) is 2.54. The highest BCUT2D eigenvalue weighted by molar-refractivity contribution is 5.92. The summed E-state index contributed by atoms with van der Waals surface area (Å²) in [7, 11) is 4.65. The first-order valence-electron chi connectivity index (χ1n) is 7.29. The van der Waals surface area contributed by atoms with Crippen LogP contribution in [0.5, 0.6) is 11.5 Å². The van der Waals surface area contributed by atoms with Gasteiger partial charge in [0.2, 0.25) is 11.8 Å². The fourth-order valence-corrected chi connectivity index (χ4v) is 2.06. The Morgan fingerprint density at radius 2 is 1.83 bits per heavy atom. The SMILES string of the molecule is COCCNC(=O)CCN(C(C)=O)c1ccc(OC)c(OC)c1. The van der Waals surface area contributed by atoms with Gasteiger partial charge in [0.15, 0.2) is 11.5 Å². The summed E-state index contributed by atoms with van der Waals surface area (Å²) in [4.78, 5) is 25.1. The number of anilines is 1. The minimum Gasteiger partial charge on any atom is -0.493 e. The van der Waals surface area contributed by atoms with Crippen LogP contribution < -0.4 is 19.7 Å². The van der Waals surface area contributed by atoms with Crippen molar-refractivity contribution in [1.82, 2.24) is 5.32 Å². The van der Waals surface area contributed by atoms with Crippen LogP contribution >= 0.6 is 0 Å².